The first-order valence-corrected chi connectivity index (χ1v) is 5.64. The van der Waals surface area contributed by atoms with Crippen LogP contribution in [-0.2, 0) is 10.3 Å². The van der Waals surface area contributed by atoms with Crippen molar-refractivity contribution in [2.75, 3.05) is 13.2 Å². The van der Waals surface area contributed by atoms with Crippen molar-refractivity contribution in [1.82, 2.24) is 20.2 Å². The van der Waals surface area contributed by atoms with Gasteiger partial charge in [0, 0.05) is 6.61 Å². The van der Waals surface area contributed by atoms with Crippen molar-refractivity contribution in [1.29, 1.82) is 0 Å². The van der Waals surface area contributed by atoms with E-state index in [9.17, 15) is 0 Å². The molecule has 0 spiro atoms. The van der Waals surface area contributed by atoms with Crippen LogP contribution >= 0.6 is 11.6 Å². The maximum atomic E-state index is 6.04. The minimum Gasteiger partial charge on any atom is -0.379 e. The normalized spacial score (nSPS) is 28.2. The third-order valence-corrected chi connectivity index (χ3v) is 3.23. The molecule has 1 saturated heterocycles. The number of alkyl halides is 1. The van der Waals surface area contributed by atoms with E-state index in [0.29, 0.717) is 6.61 Å². The molecule has 0 amide bonds. The van der Waals surface area contributed by atoms with Gasteiger partial charge in [-0.25, -0.2) is 4.68 Å². The highest BCUT2D eigenvalue weighted by atomic mass is 35.5. The number of hydrogen-bond acceptors (Lipinski definition) is 4. The summed E-state index contributed by atoms with van der Waals surface area (Å²) in [4.78, 5) is 0. The van der Waals surface area contributed by atoms with E-state index in [-0.39, 0.29) is 10.9 Å². The summed E-state index contributed by atoms with van der Waals surface area (Å²) >= 11 is 6.04. The molecule has 1 aromatic rings. The van der Waals surface area contributed by atoms with Gasteiger partial charge in [0.2, 0.25) is 0 Å². The Labute approximate surface area is 93.7 Å². The molecule has 2 heterocycles. The van der Waals surface area contributed by atoms with E-state index in [4.69, 9.17) is 16.3 Å². The van der Waals surface area contributed by atoms with Crippen molar-refractivity contribution in [2.24, 2.45) is 0 Å². The summed E-state index contributed by atoms with van der Waals surface area (Å²) in [6.45, 7) is 5.44. The minimum absolute atomic E-state index is 0.0953. The Morgan fingerprint density at radius 2 is 2.47 bits per heavy atom. The maximum absolute atomic E-state index is 6.04. The lowest BCUT2D eigenvalue weighted by Crippen LogP contribution is -2.36. The average molecular weight is 231 g/mol. The number of aromatic nitrogens is 4. The fourth-order valence-corrected chi connectivity index (χ4v) is 2.11. The molecule has 0 aliphatic carbocycles. The lowest BCUT2D eigenvalue weighted by Gasteiger charge is -2.27. The van der Waals surface area contributed by atoms with Crippen LogP contribution in [0.1, 0.15) is 37.9 Å². The molecule has 1 aromatic heterocycles. The van der Waals surface area contributed by atoms with E-state index >= 15 is 0 Å². The SMILES string of the molecule is CCC1(n2nnnc2C(C)Cl)CCOC1. The van der Waals surface area contributed by atoms with Crippen LogP contribution in [0.25, 0.3) is 0 Å². The maximum Gasteiger partial charge on any atom is 0.169 e. The van der Waals surface area contributed by atoms with Crippen LogP contribution in [0.15, 0.2) is 0 Å². The fraction of sp³-hybridized carbons (Fsp3) is 0.889. The third-order valence-electron chi connectivity index (χ3n) is 3.04. The molecule has 0 aromatic carbocycles. The summed E-state index contributed by atoms with van der Waals surface area (Å²) < 4.78 is 7.30. The highest BCUT2D eigenvalue weighted by Gasteiger charge is 2.38. The van der Waals surface area contributed by atoms with Crippen LogP contribution in [0.3, 0.4) is 0 Å². The third kappa shape index (κ3) is 1.74. The molecule has 1 aliphatic heterocycles. The first kappa shape index (κ1) is 10.8. The summed E-state index contributed by atoms with van der Waals surface area (Å²) in [6.07, 6.45) is 1.90. The quantitative estimate of drug-likeness (QED) is 0.739. The first-order chi connectivity index (χ1) is 7.19. The molecule has 15 heavy (non-hydrogen) atoms. The fourth-order valence-electron chi connectivity index (χ4n) is 1.97. The second kappa shape index (κ2) is 4.06. The van der Waals surface area contributed by atoms with Crippen molar-refractivity contribution in [2.45, 2.75) is 37.6 Å². The van der Waals surface area contributed by atoms with Gasteiger partial charge in [0.05, 0.1) is 17.5 Å². The van der Waals surface area contributed by atoms with Gasteiger partial charge in [0.1, 0.15) is 0 Å². The Bertz CT molecular complexity index is 333. The summed E-state index contributed by atoms with van der Waals surface area (Å²) in [5.41, 5.74) is -0.0953. The molecule has 0 radical (unpaired) electrons. The summed E-state index contributed by atoms with van der Waals surface area (Å²) in [7, 11) is 0. The molecule has 6 heteroatoms. The summed E-state index contributed by atoms with van der Waals surface area (Å²) in [5, 5.41) is 11.5. The Balaban J connectivity index is 2.38. The highest BCUT2D eigenvalue weighted by Crippen LogP contribution is 2.32. The molecule has 1 aliphatic rings. The second-order valence-electron chi connectivity index (χ2n) is 3.95. The van der Waals surface area contributed by atoms with Gasteiger partial charge in [-0.3, -0.25) is 0 Å². The van der Waals surface area contributed by atoms with Crippen molar-refractivity contribution >= 4 is 11.6 Å². The molecule has 0 N–H and O–H groups in total. The number of nitrogens with zero attached hydrogens (tertiary/aromatic N) is 4. The number of halogens is 1. The van der Waals surface area contributed by atoms with Gasteiger partial charge in [0.25, 0.3) is 0 Å². The second-order valence-corrected chi connectivity index (χ2v) is 4.60. The first-order valence-electron chi connectivity index (χ1n) is 5.20. The Hall–Kier alpha value is -0.680. The zero-order valence-electron chi connectivity index (χ0n) is 8.98. The van der Waals surface area contributed by atoms with Crippen LogP contribution in [0.2, 0.25) is 0 Å². The zero-order valence-corrected chi connectivity index (χ0v) is 9.74. The molecule has 2 rings (SSSR count). The predicted octanol–water partition coefficient (Wildman–Crippen LogP) is 1.50. The number of hydrogen-bond donors (Lipinski definition) is 0. The van der Waals surface area contributed by atoms with Crippen LogP contribution in [0, 0.1) is 0 Å². The lowest BCUT2D eigenvalue weighted by molar-refractivity contribution is 0.140. The van der Waals surface area contributed by atoms with Crippen LogP contribution < -0.4 is 0 Å². The van der Waals surface area contributed by atoms with Crippen molar-refractivity contribution in [3.8, 4) is 0 Å². The molecular formula is C9H15ClN4O. The van der Waals surface area contributed by atoms with Gasteiger partial charge >= 0.3 is 0 Å². The van der Waals surface area contributed by atoms with E-state index in [0.717, 1.165) is 25.3 Å². The van der Waals surface area contributed by atoms with Gasteiger partial charge < -0.3 is 4.74 Å². The van der Waals surface area contributed by atoms with E-state index < -0.39 is 0 Å². The molecule has 0 saturated carbocycles. The Morgan fingerprint density at radius 1 is 1.67 bits per heavy atom. The number of tetrazole rings is 1. The average Bonchev–Trinajstić information content (AvgIpc) is 2.87. The van der Waals surface area contributed by atoms with Gasteiger partial charge in [-0.15, -0.1) is 16.7 Å². The van der Waals surface area contributed by atoms with Gasteiger partial charge in [-0.05, 0) is 30.2 Å². The summed E-state index contributed by atoms with van der Waals surface area (Å²) in [5.74, 6) is 0.726. The predicted molar refractivity (Wildman–Crippen MR) is 55.8 cm³/mol. The van der Waals surface area contributed by atoms with Crippen LogP contribution in [-0.4, -0.2) is 33.4 Å². The van der Waals surface area contributed by atoms with Crippen LogP contribution in [0.5, 0.6) is 0 Å². The minimum atomic E-state index is -0.177. The Kier molecular flexibility index (Phi) is 2.93. The topological polar surface area (TPSA) is 52.8 Å². The molecule has 84 valence electrons. The van der Waals surface area contributed by atoms with Crippen LogP contribution in [0.4, 0.5) is 0 Å². The monoisotopic (exact) mass is 230 g/mol. The largest absolute Gasteiger partial charge is 0.379 e. The van der Waals surface area contributed by atoms with Gasteiger partial charge in [0.15, 0.2) is 5.82 Å². The molecule has 1 fully saturated rings. The van der Waals surface area contributed by atoms with Gasteiger partial charge in [-0.1, -0.05) is 6.92 Å². The van der Waals surface area contributed by atoms with E-state index in [1.165, 1.54) is 0 Å². The molecule has 5 nitrogen and oxygen atoms in total. The molecular weight excluding hydrogens is 216 g/mol. The smallest absolute Gasteiger partial charge is 0.169 e. The van der Waals surface area contributed by atoms with Crippen molar-refractivity contribution in [3.63, 3.8) is 0 Å². The molecule has 0 bridgehead atoms. The molecule has 2 unspecified atom stereocenters. The number of ether oxygens (including phenoxy) is 1. The molecule has 2 atom stereocenters. The standard InChI is InChI=1S/C9H15ClN4O/c1-3-9(4-5-15-6-9)14-8(7(2)10)11-12-13-14/h7H,3-6H2,1-2H3. The lowest BCUT2D eigenvalue weighted by atomic mass is 9.95. The number of rotatable bonds is 3. The van der Waals surface area contributed by atoms with E-state index in [2.05, 4.69) is 22.4 Å². The Morgan fingerprint density at radius 3 is 3.00 bits per heavy atom. The summed E-state index contributed by atoms with van der Waals surface area (Å²) in [6, 6.07) is 0. The van der Waals surface area contributed by atoms with Crippen molar-refractivity contribution in [3.05, 3.63) is 5.82 Å². The zero-order chi connectivity index (χ0) is 10.9. The van der Waals surface area contributed by atoms with Crippen molar-refractivity contribution < 1.29 is 4.74 Å². The van der Waals surface area contributed by atoms with E-state index in [1.807, 2.05) is 11.6 Å². The highest BCUT2D eigenvalue weighted by molar-refractivity contribution is 6.20. The van der Waals surface area contributed by atoms with Gasteiger partial charge in [-0.2, -0.15) is 0 Å². The van der Waals surface area contributed by atoms with E-state index in [1.54, 1.807) is 0 Å².